The van der Waals surface area contributed by atoms with Crippen molar-refractivity contribution < 1.29 is 4.79 Å². The molecule has 1 aromatic heterocycles. The summed E-state index contributed by atoms with van der Waals surface area (Å²) < 4.78 is 2.11. The van der Waals surface area contributed by atoms with E-state index in [-0.39, 0.29) is 5.91 Å². The summed E-state index contributed by atoms with van der Waals surface area (Å²) in [6.45, 7) is 7.17. The number of rotatable bonds is 6. The minimum atomic E-state index is 0.138. The van der Waals surface area contributed by atoms with Gasteiger partial charge in [-0.05, 0) is 38.0 Å². The molecule has 6 heteroatoms. The van der Waals surface area contributed by atoms with Crippen LogP contribution in [0.25, 0.3) is 0 Å². The standard InChI is InChI=1S/C16H26N4OS/c1-4-20-15(10(2)3)18-19-16(20)22-9-14(21)17-13-8-11-5-6-12(13)7-11/h10-13H,4-9H2,1-3H3,(H,17,21)/t11-,12-,13+/m1/s1. The monoisotopic (exact) mass is 322 g/mol. The zero-order chi connectivity index (χ0) is 15.7. The highest BCUT2D eigenvalue weighted by Gasteiger charge is 2.40. The van der Waals surface area contributed by atoms with Gasteiger partial charge in [-0.25, -0.2) is 0 Å². The van der Waals surface area contributed by atoms with Crippen molar-refractivity contribution in [3.8, 4) is 0 Å². The van der Waals surface area contributed by atoms with E-state index in [9.17, 15) is 4.79 Å². The van der Waals surface area contributed by atoms with E-state index in [0.29, 0.717) is 17.7 Å². The lowest BCUT2D eigenvalue weighted by molar-refractivity contribution is -0.119. The predicted molar refractivity (Wildman–Crippen MR) is 87.9 cm³/mol. The van der Waals surface area contributed by atoms with Gasteiger partial charge in [0.15, 0.2) is 5.16 Å². The highest BCUT2D eigenvalue weighted by atomic mass is 32.2. The first kappa shape index (κ1) is 15.8. The van der Waals surface area contributed by atoms with E-state index in [1.165, 1.54) is 37.4 Å². The van der Waals surface area contributed by atoms with Crippen molar-refractivity contribution in [3.05, 3.63) is 5.82 Å². The SMILES string of the molecule is CCn1c(SCC(=O)N[C@H]2C[C@@H]3CC[C@@H]2C3)nnc1C(C)C. The molecule has 2 aliphatic rings. The highest BCUT2D eigenvalue weighted by Crippen LogP contribution is 2.44. The molecular weight excluding hydrogens is 296 g/mol. The first-order chi connectivity index (χ1) is 10.6. The second kappa shape index (κ2) is 6.60. The average molecular weight is 322 g/mol. The number of carbonyl (C=O) groups is 1. The second-order valence-corrected chi connectivity index (χ2v) is 7.82. The van der Waals surface area contributed by atoms with Crippen LogP contribution in [0.3, 0.4) is 0 Å². The number of nitrogens with one attached hydrogen (secondary N) is 1. The summed E-state index contributed by atoms with van der Waals surface area (Å²) in [6.07, 6.45) is 5.16. The van der Waals surface area contributed by atoms with Gasteiger partial charge in [-0.3, -0.25) is 4.79 Å². The van der Waals surface area contributed by atoms with Gasteiger partial charge in [-0.1, -0.05) is 32.0 Å². The fourth-order valence-electron chi connectivity index (χ4n) is 3.93. The first-order valence-corrected chi connectivity index (χ1v) is 9.42. The summed E-state index contributed by atoms with van der Waals surface area (Å²) in [5.41, 5.74) is 0. The minimum absolute atomic E-state index is 0.138. The number of fused-ring (bicyclic) bond motifs is 2. The van der Waals surface area contributed by atoms with Gasteiger partial charge < -0.3 is 9.88 Å². The van der Waals surface area contributed by atoms with Crippen LogP contribution in [-0.4, -0.2) is 32.5 Å². The van der Waals surface area contributed by atoms with Crippen LogP contribution in [0.5, 0.6) is 0 Å². The van der Waals surface area contributed by atoms with E-state index in [2.05, 4.69) is 40.9 Å². The van der Waals surface area contributed by atoms with E-state index in [0.717, 1.165) is 29.4 Å². The molecule has 2 aliphatic carbocycles. The summed E-state index contributed by atoms with van der Waals surface area (Å²) in [7, 11) is 0. The smallest absolute Gasteiger partial charge is 0.230 e. The molecule has 0 spiro atoms. The van der Waals surface area contributed by atoms with Crippen LogP contribution >= 0.6 is 11.8 Å². The number of thioether (sulfide) groups is 1. The van der Waals surface area contributed by atoms with Crippen LogP contribution in [-0.2, 0) is 11.3 Å². The van der Waals surface area contributed by atoms with Crippen molar-refractivity contribution in [1.82, 2.24) is 20.1 Å². The number of hydrogen-bond acceptors (Lipinski definition) is 4. The van der Waals surface area contributed by atoms with Crippen molar-refractivity contribution in [2.75, 3.05) is 5.75 Å². The normalized spacial score (nSPS) is 26.8. The van der Waals surface area contributed by atoms with Gasteiger partial charge in [0.2, 0.25) is 5.91 Å². The molecule has 0 radical (unpaired) electrons. The third-order valence-corrected chi connectivity index (χ3v) is 5.96. The number of aromatic nitrogens is 3. The zero-order valence-corrected chi connectivity index (χ0v) is 14.5. The van der Waals surface area contributed by atoms with Gasteiger partial charge in [0.1, 0.15) is 5.82 Å². The summed E-state index contributed by atoms with van der Waals surface area (Å²) in [6, 6.07) is 0.419. The Kier molecular flexibility index (Phi) is 4.76. The Hall–Kier alpha value is -1.04. The average Bonchev–Trinajstić information content (AvgIpc) is 3.19. The Bertz CT molecular complexity index is 542. The van der Waals surface area contributed by atoms with E-state index in [4.69, 9.17) is 0 Å². The van der Waals surface area contributed by atoms with Crippen molar-refractivity contribution in [1.29, 1.82) is 0 Å². The molecule has 0 aliphatic heterocycles. The second-order valence-electron chi connectivity index (χ2n) is 6.88. The Morgan fingerprint density at radius 1 is 1.36 bits per heavy atom. The number of hydrogen-bond donors (Lipinski definition) is 1. The third-order valence-electron chi connectivity index (χ3n) is 4.99. The molecule has 1 amide bonds. The highest BCUT2D eigenvalue weighted by molar-refractivity contribution is 7.99. The van der Waals surface area contributed by atoms with Gasteiger partial charge in [0.05, 0.1) is 5.75 Å². The molecule has 1 aromatic rings. The number of carbonyl (C=O) groups excluding carboxylic acids is 1. The summed E-state index contributed by atoms with van der Waals surface area (Å²) in [5, 5.41) is 12.6. The fraction of sp³-hybridized carbons (Fsp3) is 0.812. The van der Waals surface area contributed by atoms with E-state index in [1.807, 2.05) is 0 Å². The molecular formula is C16H26N4OS. The number of amides is 1. The van der Waals surface area contributed by atoms with Gasteiger partial charge in [0, 0.05) is 18.5 Å². The molecule has 3 rings (SSSR count). The van der Waals surface area contributed by atoms with Crippen LogP contribution < -0.4 is 5.32 Å². The van der Waals surface area contributed by atoms with Crippen LogP contribution in [0, 0.1) is 11.8 Å². The van der Waals surface area contributed by atoms with Crippen LogP contribution in [0.15, 0.2) is 5.16 Å². The lowest BCUT2D eigenvalue weighted by Crippen LogP contribution is -2.39. The maximum Gasteiger partial charge on any atom is 0.230 e. The van der Waals surface area contributed by atoms with Crippen molar-refractivity contribution in [2.24, 2.45) is 11.8 Å². The van der Waals surface area contributed by atoms with E-state index >= 15 is 0 Å². The molecule has 122 valence electrons. The van der Waals surface area contributed by atoms with Crippen molar-refractivity contribution in [2.45, 2.75) is 70.1 Å². The topological polar surface area (TPSA) is 59.8 Å². The third kappa shape index (κ3) is 3.16. The van der Waals surface area contributed by atoms with Crippen molar-refractivity contribution >= 4 is 17.7 Å². The van der Waals surface area contributed by atoms with Gasteiger partial charge in [-0.15, -0.1) is 10.2 Å². The maximum absolute atomic E-state index is 12.2. The molecule has 0 aromatic carbocycles. The van der Waals surface area contributed by atoms with Crippen LogP contribution in [0.4, 0.5) is 0 Å². The van der Waals surface area contributed by atoms with Crippen LogP contribution in [0.1, 0.15) is 58.2 Å². The summed E-state index contributed by atoms with van der Waals surface area (Å²) >= 11 is 1.50. The van der Waals surface area contributed by atoms with Gasteiger partial charge >= 0.3 is 0 Å². The molecule has 3 atom stereocenters. The molecule has 0 saturated heterocycles. The van der Waals surface area contributed by atoms with Gasteiger partial charge in [-0.2, -0.15) is 0 Å². The first-order valence-electron chi connectivity index (χ1n) is 8.43. The van der Waals surface area contributed by atoms with E-state index < -0.39 is 0 Å². The lowest BCUT2D eigenvalue weighted by Gasteiger charge is -2.22. The maximum atomic E-state index is 12.2. The molecule has 2 saturated carbocycles. The molecule has 0 unspecified atom stereocenters. The van der Waals surface area contributed by atoms with Crippen molar-refractivity contribution in [3.63, 3.8) is 0 Å². The molecule has 5 nitrogen and oxygen atoms in total. The summed E-state index contributed by atoms with van der Waals surface area (Å²) in [4.78, 5) is 12.2. The largest absolute Gasteiger partial charge is 0.352 e. The molecule has 1 N–H and O–H groups in total. The molecule has 2 fully saturated rings. The Labute approximate surface area is 136 Å². The molecule has 22 heavy (non-hydrogen) atoms. The van der Waals surface area contributed by atoms with E-state index in [1.54, 1.807) is 0 Å². The van der Waals surface area contributed by atoms with Gasteiger partial charge in [0.25, 0.3) is 0 Å². The Morgan fingerprint density at radius 3 is 2.77 bits per heavy atom. The number of nitrogens with zero attached hydrogens (tertiary/aromatic N) is 3. The lowest BCUT2D eigenvalue weighted by atomic mass is 9.95. The summed E-state index contributed by atoms with van der Waals surface area (Å²) in [5.74, 6) is 3.51. The van der Waals surface area contributed by atoms with Crippen LogP contribution in [0.2, 0.25) is 0 Å². The predicted octanol–water partition coefficient (Wildman–Crippen LogP) is 2.82. The fourth-order valence-corrected chi connectivity index (χ4v) is 4.75. The molecule has 2 bridgehead atoms. The molecule has 1 heterocycles. The zero-order valence-electron chi connectivity index (χ0n) is 13.7. The minimum Gasteiger partial charge on any atom is -0.352 e. The quantitative estimate of drug-likeness (QED) is 0.818. The Morgan fingerprint density at radius 2 is 2.18 bits per heavy atom. The Balaban J connectivity index is 1.53.